The fourth-order valence-corrected chi connectivity index (χ4v) is 4.23. The lowest BCUT2D eigenvalue weighted by Gasteiger charge is -2.24. The van der Waals surface area contributed by atoms with Crippen LogP contribution in [0.3, 0.4) is 0 Å². The first-order valence-electron chi connectivity index (χ1n) is 10.9. The monoisotopic (exact) mass is 405 g/mol. The van der Waals surface area contributed by atoms with E-state index in [-0.39, 0.29) is 11.9 Å². The number of nitrogens with one attached hydrogen (secondary N) is 2. The molecular weight excluding hydrogens is 374 g/mol. The summed E-state index contributed by atoms with van der Waals surface area (Å²) in [7, 11) is 0. The molecule has 0 radical (unpaired) electrons. The molecule has 1 fully saturated rings. The number of rotatable bonds is 6. The number of hydrogen-bond acceptors (Lipinski definition) is 4. The molecule has 2 N–H and O–H groups in total. The van der Waals surface area contributed by atoms with E-state index in [1.54, 1.807) is 0 Å². The quantitative estimate of drug-likeness (QED) is 0.662. The van der Waals surface area contributed by atoms with Crippen LogP contribution in [0.25, 0.3) is 10.9 Å². The van der Waals surface area contributed by atoms with E-state index in [9.17, 15) is 4.79 Å². The highest BCUT2D eigenvalue weighted by atomic mass is 16.2. The molecule has 1 saturated heterocycles. The number of carbonyl (C=O) groups excluding carboxylic acids is 1. The van der Waals surface area contributed by atoms with Gasteiger partial charge in [0.25, 0.3) is 5.91 Å². The van der Waals surface area contributed by atoms with Crippen LogP contribution in [0.15, 0.2) is 48.5 Å². The van der Waals surface area contributed by atoms with Crippen molar-refractivity contribution in [3.05, 3.63) is 65.4 Å². The molecule has 6 nitrogen and oxygen atoms in total. The van der Waals surface area contributed by atoms with Crippen LogP contribution >= 0.6 is 0 Å². The summed E-state index contributed by atoms with van der Waals surface area (Å²) in [6.45, 7) is 9.46. The van der Waals surface area contributed by atoms with Crippen LogP contribution < -0.4 is 10.6 Å². The van der Waals surface area contributed by atoms with Crippen LogP contribution in [0, 0.1) is 6.92 Å². The van der Waals surface area contributed by atoms with Gasteiger partial charge in [0.2, 0.25) is 0 Å². The third-order valence-electron chi connectivity index (χ3n) is 5.78. The van der Waals surface area contributed by atoms with Gasteiger partial charge < -0.3 is 10.6 Å². The third-order valence-corrected chi connectivity index (χ3v) is 5.78. The molecule has 0 aliphatic carbocycles. The van der Waals surface area contributed by atoms with E-state index < -0.39 is 0 Å². The molecule has 1 aromatic heterocycles. The number of fused-ring (bicyclic) bond motifs is 1. The average molecular weight is 406 g/mol. The number of carbonyl (C=O) groups is 1. The number of aromatic nitrogens is 2. The Morgan fingerprint density at radius 3 is 2.93 bits per heavy atom. The van der Waals surface area contributed by atoms with Gasteiger partial charge in [0, 0.05) is 44.7 Å². The summed E-state index contributed by atoms with van der Waals surface area (Å²) in [5, 5.41) is 12.2. The summed E-state index contributed by atoms with van der Waals surface area (Å²) >= 11 is 0. The number of amides is 1. The van der Waals surface area contributed by atoms with Gasteiger partial charge in [-0.1, -0.05) is 48.0 Å². The fraction of sp³-hybridized carbons (Fsp3) is 0.417. The molecule has 1 unspecified atom stereocenters. The van der Waals surface area contributed by atoms with E-state index >= 15 is 0 Å². The predicted molar refractivity (Wildman–Crippen MR) is 121 cm³/mol. The van der Waals surface area contributed by atoms with Gasteiger partial charge in [-0.2, -0.15) is 5.10 Å². The first-order chi connectivity index (χ1) is 14.6. The molecule has 1 amide bonds. The van der Waals surface area contributed by atoms with Crippen molar-refractivity contribution in [3.63, 3.8) is 0 Å². The minimum absolute atomic E-state index is 0.0584. The molecule has 2 aromatic carbocycles. The lowest BCUT2D eigenvalue weighted by Crippen LogP contribution is -2.46. The lowest BCUT2D eigenvalue weighted by atomic mass is 10.1. The summed E-state index contributed by atoms with van der Waals surface area (Å²) < 4.78 is 1.89. The van der Waals surface area contributed by atoms with Crippen LogP contribution in [-0.2, 0) is 13.0 Å². The van der Waals surface area contributed by atoms with Crippen molar-refractivity contribution >= 4 is 16.8 Å². The zero-order valence-electron chi connectivity index (χ0n) is 17.9. The largest absolute Gasteiger partial charge is 0.345 e. The maximum atomic E-state index is 13.1. The Morgan fingerprint density at radius 2 is 2.10 bits per heavy atom. The van der Waals surface area contributed by atoms with Crippen LogP contribution in [0.5, 0.6) is 0 Å². The fourth-order valence-electron chi connectivity index (χ4n) is 4.23. The summed E-state index contributed by atoms with van der Waals surface area (Å²) in [5.41, 5.74) is 4.19. The second kappa shape index (κ2) is 9.41. The standard InChI is InChI=1S/C24H31N5O/c1-3-29-22-10-5-4-9-21(22)23(27-29)24(30)26-20-16-25-12-14-28(17-20)13-11-19-8-6-7-18(2)15-19/h4-10,15,20,25H,3,11-14,16-17H2,1-2H3,(H,26,30). The zero-order chi connectivity index (χ0) is 20.9. The Balaban J connectivity index is 1.41. The van der Waals surface area contributed by atoms with Crippen molar-refractivity contribution in [1.82, 2.24) is 25.3 Å². The molecule has 1 atom stereocenters. The number of aryl methyl sites for hydroxylation is 2. The van der Waals surface area contributed by atoms with E-state index in [1.807, 2.05) is 35.9 Å². The van der Waals surface area contributed by atoms with Crippen LogP contribution in [-0.4, -0.2) is 59.4 Å². The van der Waals surface area contributed by atoms with Gasteiger partial charge in [-0.25, -0.2) is 0 Å². The number of hydrogen-bond donors (Lipinski definition) is 2. The molecule has 0 saturated carbocycles. The van der Waals surface area contributed by atoms with Gasteiger partial charge >= 0.3 is 0 Å². The molecule has 4 rings (SSSR count). The lowest BCUT2D eigenvalue weighted by molar-refractivity contribution is 0.0925. The first-order valence-corrected chi connectivity index (χ1v) is 10.9. The van der Waals surface area contributed by atoms with Crippen LogP contribution in [0.4, 0.5) is 0 Å². The summed E-state index contributed by atoms with van der Waals surface area (Å²) in [4.78, 5) is 15.5. The second-order valence-corrected chi connectivity index (χ2v) is 8.10. The Hall–Kier alpha value is -2.70. The maximum absolute atomic E-state index is 13.1. The Kier molecular flexibility index (Phi) is 6.45. The molecule has 0 spiro atoms. The van der Waals surface area contributed by atoms with Crippen molar-refractivity contribution in [2.24, 2.45) is 0 Å². The van der Waals surface area contributed by atoms with Gasteiger partial charge in [-0.3, -0.25) is 14.4 Å². The maximum Gasteiger partial charge on any atom is 0.272 e. The topological polar surface area (TPSA) is 62.2 Å². The molecule has 0 bridgehead atoms. The van der Waals surface area contributed by atoms with Crippen molar-refractivity contribution < 1.29 is 4.79 Å². The van der Waals surface area contributed by atoms with E-state index in [4.69, 9.17) is 0 Å². The van der Waals surface area contributed by atoms with Crippen molar-refractivity contribution in [2.45, 2.75) is 32.9 Å². The van der Waals surface area contributed by atoms with Crippen LogP contribution in [0.1, 0.15) is 28.5 Å². The summed E-state index contributed by atoms with van der Waals surface area (Å²) in [6.07, 6.45) is 1.02. The van der Waals surface area contributed by atoms with E-state index in [0.717, 1.165) is 56.6 Å². The van der Waals surface area contributed by atoms with Gasteiger partial charge in [0.05, 0.1) is 11.6 Å². The van der Waals surface area contributed by atoms with Crippen molar-refractivity contribution in [3.8, 4) is 0 Å². The molecule has 30 heavy (non-hydrogen) atoms. The number of benzene rings is 2. The van der Waals surface area contributed by atoms with E-state index in [1.165, 1.54) is 11.1 Å². The van der Waals surface area contributed by atoms with Crippen LogP contribution in [0.2, 0.25) is 0 Å². The SMILES string of the molecule is CCn1nc(C(=O)NC2CNCCN(CCc3cccc(C)c3)C2)c2ccccc21. The summed E-state index contributed by atoms with van der Waals surface area (Å²) in [5.74, 6) is -0.0919. The van der Waals surface area contributed by atoms with Gasteiger partial charge in [-0.15, -0.1) is 0 Å². The first kappa shape index (κ1) is 20.6. The van der Waals surface area contributed by atoms with Crippen molar-refractivity contribution in [2.75, 3.05) is 32.7 Å². The van der Waals surface area contributed by atoms with Crippen molar-refractivity contribution in [1.29, 1.82) is 0 Å². The Labute approximate surface area is 178 Å². The molecule has 1 aliphatic heterocycles. The van der Waals surface area contributed by atoms with Gasteiger partial charge in [0.1, 0.15) is 0 Å². The average Bonchev–Trinajstić information content (AvgIpc) is 2.99. The summed E-state index contributed by atoms with van der Waals surface area (Å²) in [6, 6.07) is 16.7. The van der Waals surface area contributed by atoms with Gasteiger partial charge in [-0.05, 0) is 31.9 Å². The molecule has 1 aliphatic rings. The molecule has 6 heteroatoms. The number of nitrogens with zero attached hydrogens (tertiary/aromatic N) is 3. The number of para-hydroxylation sites is 1. The Bertz CT molecular complexity index is 1010. The highest BCUT2D eigenvalue weighted by Gasteiger charge is 2.23. The van der Waals surface area contributed by atoms with E-state index in [0.29, 0.717) is 5.69 Å². The molecule has 158 valence electrons. The molecule has 3 aromatic rings. The Morgan fingerprint density at radius 1 is 1.23 bits per heavy atom. The molecule has 2 heterocycles. The normalized spacial score (nSPS) is 17.7. The van der Waals surface area contributed by atoms with E-state index in [2.05, 4.69) is 51.8 Å². The smallest absolute Gasteiger partial charge is 0.272 e. The molecular formula is C24H31N5O. The third kappa shape index (κ3) is 4.71. The predicted octanol–water partition coefficient (Wildman–Crippen LogP) is 2.61. The highest BCUT2D eigenvalue weighted by molar-refractivity contribution is 6.05. The highest BCUT2D eigenvalue weighted by Crippen LogP contribution is 2.18. The zero-order valence-corrected chi connectivity index (χ0v) is 17.9. The minimum Gasteiger partial charge on any atom is -0.345 e. The second-order valence-electron chi connectivity index (χ2n) is 8.10. The minimum atomic E-state index is -0.0919. The van der Waals surface area contributed by atoms with Gasteiger partial charge in [0.15, 0.2) is 5.69 Å².